The zero-order valence-corrected chi connectivity index (χ0v) is 12.4. The first kappa shape index (κ1) is 15.1. The van der Waals surface area contributed by atoms with Gasteiger partial charge in [-0.05, 0) is 48.9 Å². The summed E-state index contributed by atoms with van der Waals surface area (Å²) in [5, 5.41) is 3.59. The highest BCUT2D eigenvalue weighted by atomic mass is 16.5. The Morgan fingerprint density at radius 3 is 3.05 bits per heavy atom. The van der Waals surface area contributed by atoms with E-state index in [1.54, 1.807) is 7.11 Å². The summed E-state index contributed by atoms with van der Waals surface area (Å²) in [5.74, 6) is 0.956. The largest absolute Gasteiger partial charge is 0.497 e. The maximum atomic E-state index is 5.52. The van der Waals surface area contributed by atoms with Crippen molar-refractivity contribution < 1.29 is 9.47 Å². The number of benzene rings is 1. The second-order valence-corrected chi connectivity index (χ2v) is 5.22. The Labute approximate surface area is 122 Å². The number of rotatable bonds is 8. The van der Waals surface area contributed by atoms with Gasteiger partial charge < -0.3 is 14.8 Å². The van der Waals surface area contributed by atoms with Crippen molar-refractivity contribution in [2.45, 2.75) is 31.7 Å². The van der Waals surface area contributed by atoms with Crippen molar-refractivity contribution >= 4 is 0 Å². The number of methoxy groups -OCH3 is 1. The summed E-state index contributed by atoms with van der Waals surface area (Å²) in [6.45, 7) is 6.15. The standard InChI is InChI=1S/C17H25NO2/c1-3-4-10-20-11-9-18-16-7-5-14-6-8-17(19-2)13-15(14)12-16/h3,6,8,13,16,18H,1,4-5,7,9-12H2,2H3. The quantitative estimate of drug-likeness (QED) is 0.584. The molecule has 3 nitrogen and oxygen atoms in total. The number of hydrogen-bond acceptors (Lipinski definition) is 3. The fraction of sp³-hybridized carbons (Fsp3) is 0.529. The van der Waals surface area contributed by atoms with Gasteiger partial charge in [-0.25, -0.2) is 0 Å². The normalized spacial score (nSPS) is 17.6. The summed E-state index contributed by atoms with van der Waals surface area (Å²) < 4.78 is 10.8. The Morgan fingerprint density at radius 2 is 2.25 bits per heavy atom. The van der Waals surface area contributed by atoms with Crippen LogP contribution in [0.25, 0.3) is 0 Å². The smallest absolute Gasteiger partial charge is 0.119 e. The average molecular weight is 275 g/mol. The monoisotopic (exact) mass is 275 g/mol. The number of hydrogen-bond donors (Lipinski definition) is 1. The lowest BCUT2D eigenvalue weighted by Gasteiger charge is -2.26. The molecule has 0 radical (unpaired) electrons. The van der Waals surface area contributed by atoms with Crippen LogP contribution in [0.2, 0.25) is 0 Å². The van der Waals surface area contributed by atoms with Gasteiger partial charge in [0.25, 0.3) is 0 Å². The van der Waals surface area contributed by atoms with E-state index in [-0.39, 0.29) is 0 Å². The van der Waals surface area contributed by atoms with Crippen LogP contribution in [-0.2, 0) is 17.6 Å². The Kier molecular flexibility index (Phi) is 6.09. The molecule has 1 N–H and O–H groups in total. The molecular weight excluding hydrogens is 250 g/mol. The molecule has 1 atom stereocenters. The third kappa shape index (κ3) is 4.36. The van der Waals surface area contributed by atoms with Crippen LogP contribution in [0.5, 0.6) is 5.75 Å². The predicted molar refractivity (Wildman–Crippen MR) is 82.4 cm³/mol. The third-order valence-corrected chi connectivity index (χ3v) is 3.79. The second kappa shape index (κ2) is 8.08. The summed E-state index contributed by atoms with van der Waals surface area (Å²) in [5.41, 5.74) is 2.88. The van der Waals surface area contributed by atoms with E-state index in [0.717, 1.165) is 44.8 Å². The SMILES string of the molecule is C=CCCOCCNC1CCc2ccc(OC)cc2C1. The van der Waals surface area contributed by atoms with E-state index in [1.165, 1.54) is 17.5 Å². The molecule has 0 saturated carbocycles. The van der Waals surface area contributed by atoms with Crippen LogP contribution >= 0.6 is 0 Å². The van der Waals surface area contributed by atoms with Gasteiger partial charge in [0.05, 0.1) is 20.3 Å². The van der Waals surface area contributed by atoms with Crippen LogP contribution in [0.15, 0.2) is 30.9 Å². The predicted octanol–water partition coefficient (Wildman–Crippen LogP) is 2.73. The van der Waals surface area contributed by atoms with Gasteiger partial charge in [-0.15, -0.1) is 6.58 Å². The molecule has 1 aromatic rings. The number of ether oxygens (including phenoxy) is 2. The zero-order valence-electron chi connectivity index (χ0n) is 12.4. The minimum atomic E-state index is 0.553. The van der Waals surface area contributed by atoms with Crippen LogP contribution in [0.1, 0.15) is 24.0 Å². The lowest BCUT2D eigenvalue weighted by molar-refractivity contribution is 0.137. The molecule has 0 aliphatic heterocycles. The maximum Gasteiger partial charge on any atom is 0.119 e. The first-order valence-corrected chi connectivity index (χ1v) is 7.41. The Morgan fingerprint density at radius 1 is 1.35 bits per heavy atom. The van der Waals surface area contributed by atoms with Crippen LogP contribution in [0.3, 0.4) is 0 Å². The highest BCUT2D eigenvalue weighted by molar-refractivity contribution is 5.37. The summed E-state index contributed by atoms with van der Waals surface area (Å²) in [4.78, 5) is 0. The van der Waals surface area contributed by atoms with Gasteiger partial charge in [0.2, 0.25) is 0 Å². The average Bonchev–Trinajstić information content (AvgIpc) is 2.50. The molecule has 20 heavy (non-hydrogen) atoms. The molecule has 110 valence electrons. The van der Waals surface area contributed by atoms with E-state index in [9.17, 15) is 0 Å². The van der Waals surface area contributed by atoms with Crippen LogP contribution < -0.4 is 10.1 Å². The Bertz CT molecular complexity index is 431. The topological polar surface area (TPSA) is 30.5 Å². The molecule has 0 heterocycles. The van der Waals surface area contributed by atoms with Gasteiger partial charge in [-0.3, -0.25) is 0 Å². The molecular formula is C17H25NO2. The third-order valence-electron chi connectivity index (χ3n) is 3.79. The Hall–Kier alpha value is -1.32. The van der Waals surface area contributed by atoms with E-state index in [1.807, 2.05) is 6.08 Å². The van der Waals surface area contributed by atoms with Gasteiger partial charge >= 0.3 is 0 Å². The second-order valence-electron chi connectivity index (χ2n) is 5.22. The van der Waals surface area contributed by atoms with Crippen molar-refractivity contribution in [3.8, 4) is 5.75 Å². The zero-order chi connectivity index (χ0) is 14.2. The molecule has 1 unspecified atom stereocenters. The molecule has 0 bridgehead atoms. The lowest BCUT2D eigenvalue weighted by Crippen LogP contribution is -2.36. The molecule has 0 saturated heterocycles. The van der Waals surface area contributed by atoms with Crippen molar-refractivity contribution in [1.29, 1.82) is 0 Å². The molecule has 1 aliphatic carbocycles. The maximum absolute atomic E-state index is 5.52. The molecule has 0 spiro atoms. The van der Waals surface area contributed by atoms with Gasteiger partial charge in [0.1, 0.15) is 5.75 Å². The van der Waals surface area contributed by atoms with Gasteiger partial charge in [-0.2, -0.15) is 0 Å². The first-order valence-electron chi connectivity index (χ1n) is 7.41. The van der Waals surface area contributed by atoms with E-state index in [2.05, 4.69) is 30.1 Å². The molecule has 0 amide bonds. The molecule has 0 fully saturated rings. The van der Waals surface area contributed by atoms with Crippen molar-refractivity contribution in [1.82, 2.24) is 5.32 Å². The summed E-state index contributed by atoms with van der Waals surface area (Å²) in [6.07, 6.45) is 6.25. The van der Waals surface area contributed by atoms with Crippen LogP contribution in [0.4, 0.5) is 0 Å². The molecule has 2 rings (SSSR count). The van der Waals surface area contributed by atoms with Gasteiger partial charge in [0, 0.05) is 12.6 Å². The summed E-state index contributed by atoms with van der Waals surface area (Å²) in [6, 6.07) is 6.98. The van der Waals surface area contributed by atoms with Gasteiger partial charge in [-0.1, -0.05) is 12.1 Å². The lowest BCUT2D eigenvalue weighted by atomic mass is 9.88. The fourth-order valence-corrected chi connectivity index (χ4v) is 2.64. The molecule has 1 aliphatic rings. The minimum absolute atomic E-state index is 0.553. The molecule has 0 aromatic heterocycles. The van der Waals surface area contributed by atoms with E-state index >= 15 is 0 Å². The Balaban J connectivity index is 1.74. The van der Waals surface area contributed by atoms with E-state index in [4.69, 9.17) is 9.47 Å². The van der Waals surface area contributed by atoms with E-state index < -0.39 is 0 Å². The first-order chi connectivity index (χ1) is 9.83. The summed E-state index contributed by atoms with van der Waals surface area (Å²) in [7, 11) is 1.72. The fourth-order valence-electron chi connectivity index (χ4n) is 2.64. The summed E-state index contributed by atoms with van der Waals surface area (Å²) >= 11 is 0. The van der Waals surface area contributed by atoms with Crippen LogP contribution in [-0.4, -0.2) is 32.9 Å². The van der Waals surface area contributed by atoms with E-state index in [0.29, 0.717) is 6.04 Å². The van der Waals surface area contributed by atoms with Crippen molar-refractivity contribution in [3.63, 3.8) is 0 Å². The number of nitrogens with one attached hydrogen (secondary N) is 1. The van der Waals surface area contributed by atoms with Crippen molar-refractivity contribution in [2.24, 2.45) is 0 Å². The minimum Gasteiger partial charge on any atom is -0.497 e. The van der Waals surface area contributed by atoms with Crippen LogP contribution in [0, 0.1) is 0 Å². The van der Waals surface area contributed by atoms with Crippen molar-refractivity contribution in [2.75, 3.05) is 26.9 Å². The number of aryl methyl sites for hydroxylation is 1. The van der Waals surface area contributed by atoms with Crippen molar-refractivity contribution in [3.05, 3.63) is 42.0 Å². The highest BCUT2D eigenvalue weighted by Crippen LogP contribution is 2.25. The van der Waals surface area contributed by atoms with Gasteiger partial charge in [0.15, 0.2) is 0 Å². The molecule has 1 aromatic carbocycles. The molecule has 3 heteroatoms. The number of fused-ring (bicyclic) bond motifs is 1. The highest BCUT2D eigenvalue weighted by Gasteiger charge is 2.18.